The van der Waals surface area contributed by atoms with Gasteiger partial charge in [0.15, 0.2) is 9.84 Å². The number of hydrogen-bond donors (Lipinski definition) is 1. The van der Waals surface area contributed by atoms with E-state index in [2.05, 4.69) is 11.8 Å². The minimum atomic E-state index is -3.20. The van der Waals surface area contributed by atoms with Crippen molar-refractivity contribution in [1.29, 1.82) is 0 Å². The molecule has 0 aromatic heterocycles. The van der Waals surface area contributed by atoms with Crippen molar-refractivity contribution >= 4 is 9.84 Å². The number of rotatable bonds is 4. The van der Waals surface area contributed by atoms with Gasteiger partial charge in [-0.05, 0) is 62.9 Å². The summed E-state index contributed by atoms with van der Waals surface area (Å²) in [6.45, 7) is 6.70. The predicted molar refractivity (Wildman–Crippen MR) is 88.6 cm³/mol. The molecule has 1 saturated heterocycles. The Morgan fingerprint density at radius 3 is 2.45 bits per heavy atom. The highest BCUT2D eigenvalue weighted by Crippen LogP contribution is 2.25. The summed E-state index contributed by atoms with van der Waals surface area (Å²) in [5, 5.41) is 10.8. The molecule has 124 valence electrons. The third-order valence-electron chi connectivity index (χ3n) is 4.55. The predicted octanol–water partition coefficient (Wildman–Crippen LogP) is 2.42. The van der Waals surface area contributed by atoms with Gasteiger partial charge in [-0.15, -0.1) is 0 Å². The monoisotopic (exact) mass is 325 g/mol. The van der Waals surface area contributed by atoms with E-state index in [-0.39, 0.29) is 4.90 Å². The van der Waals surface area contributed by atoms with Gasteiger partial charge in [-0.3, -0.25) is 0 Å². The van der Waals surface area contributed by atoms with E-state index in [1.165, 1.54) is 25.5 Å². The summed E-state index contributed by atoms with van der Waals surface area (Å²) in [6, 6.07) is 6.58. The fraction of sp³-hybridized carbons (Fsp3) is 0.647. The normalized spacial score (nSPS) is 23.7. The Balaban J connectivity index is 2.09. The Morgan fingerprint density at radius 2 is 1.86 bits per heavy atom. The smallest absolute Gasteiger partial charge is 0.175 e. The zero-order valence-electron chi connectivity index (χ0n) is 13.7. The van der Waals surface area contributed by atoms with Crippen molar-refractivity contribution in [3.63, 3.8) is 0 Å². The number of β-amino-alcohol motifs (C(OH)–C–C–N with tert-alkyl or cyclic N) is 1. The van der Waals surface area contributed by atoms with E-state index in [0.717, 1.165) is 24.6 Å². The fourth-order valence-electron chi connectivity index (χ4n) is 3.07. The van der Waals surface area contributed by atoms with Crippen LogP contribution in [0.15, 0.2) is 29.2 Å². The molecule has 1 fully saturated rings. The summed E-state index contributed by atoms with van der Waals surface area (Å²) in [5.74, 6) is 0.754. The van der Waals surface area contributed by atoms with Crippen LogP contribution < -0.4 is 0 Å². The van der Waals surface area contributed by atoms with E-state index in [9.17, 15) is 13.5 Å². The van der Waals surface area contributed by atoms with E-state index < -0.39 is 15.4 Å². The Bertz CT molecular complexity index is 593. The quantitative estimate of drug-likeness (QED) is 0.924. The Labute approximate surface area is 134 Å². The third-order valence-corrected chi connectivity index (χ3v) is 5.67. The maximum atomic E-state index is 11.5. The largest absolute Gasteiger partial charge is 0.384 e. The van der Waals surface area contributed by atoms with Gasteiger partial charge in [-0.25, -0.2) is 8.42 Å². The molecule has 1 N–H and O–H groups in total. The first-order valence-corrected chi connectivity index (χ1v) is 9.83. The minimum Gasteiger partial charge on any atom is -0.384 e. The Hall–Kier alpha value is -0.910. The molecule has 5 heteroatoms. The van der Waals surface area contributed by atoms with Gasteiger partial charge < -0.3 is 10.0 Å². The van der Waals surface area contributed by atoms with Crippen LogP contribution in [0, 0.1) is 5.92 Å². The van der Waals surface area contributed by atoms with Crippen molar-refractivity contribution in [2.75, 3.05) is 25.9 Å². The van der Waals surface area contributed by atoms with Gasteiger partial charge in [-0.1, -0.05) is 19.1 Å². The highest BCUT2D eigenvalue weighted by atomic mass is 32.2. The van der Waals surface area contributed by atoms with Gasteiger partial charge in [0.25, 0.3) is 0 Å². The van der Waals surface area contributed by atoms with E-state index in [4.69, 9.17) is 0 Å². The average Bonchev–Trinajstić information content (AvgIpc) is 2.62. The molecular formula is C17H27NO3S. The number of sulfone groups is 1. The molecule has 4 nitrogen and oxygen atoms in total. The molecule has 0 spiro atoms. The van der Waals surface area contributed by atoms with Crippen LogP contribution in [0.5, 0.6) is 0 Å². The summed E-state index contributed by atoms with van der Waals surface area (Å²) in [5.41, 5.74) is -0.207. The van der Waals surface area contributed by atoms with Gasteiger partial charge in [0.1, 0.15) is 0 Å². The Morgan fingerprint density at radius 1 is 1.23 bits per heavy atom. The van der Waals surface area contributed by atoms with Crippen LogP contribution in [-0.2, 0) is 15.4 Å². The lowest BCUT2D eigenvalue weighted by Gasteiger charge is -2.31. The first kappa shape index (κ1) is 17.4. The van der Waals surface area contributed by atoms with Crippen LogP contribution in [0.1, 0.15) is 38.7 Å². The molecule has 22 heavy (non-hydrogen) atoms. The molecule has 1 aromatic rings. The molecule has 0 amide bonds. The van der Waals surface area contributed by atoms with Crippen LogP contribution in [0.3, 0.4) is 0 Å². The number of benzene rings is 1. The van der Waals surface area contributed by atoms with Crippen LogP contribution >= 0.6 is 0 Å². The third kappa shape index (κ3) is 4.54. The molecule has 1 aliphatic rings. The van der Waals surface area contributed by atoms with Gasteiger partial charge in [0.05, 0.1) is 10.5 Å². The SMILES string of the molecule is CC1CCCN(CC(C)(O)c2ccc(S(C)(=O)=O)cc2)CC1. The zero-order valence-corrected chi connectivity index (χ0v) is 14.6. The van der Waals surface area contributed by atoms with E-state index in [0.29, 0.717) is 6.54 Å². The van der Waals surface area contributed by atoms with Crippen LogP contribution in [0.4, 0.5) is 0 Å². The van der Waals surface area contributed by atoms with Gasteiger partial charge >= 0.3 is 0 Å². The Kier molecular flexibility index (Phi) is 5.30. The van der Waals surface area contributed by atoms with E-state index in [1.807, 2.05) is 0 Å². The highest BCUT2D eigenvalue weighted by Gasteiger charge is 2.27. The van der Waals surface area contributed by atoms with Crippen LogP contribution in [-0.4, -0.2) is 44.3 Å². The maximum absolute atomic E-state index is 11.5. The van der Waals surface area contributed by atoms with Crippen LogP contribution in [0.2, 0.25) is 0 Å². The highest BCUT2D eigenvalue weighted by molar-refractivity contribution is 7.90. The molecule has 0 radical (unpaired) electrons. The van der Waals surface area contributed by atoms with Gasteiger partial charge in [0, 0.05) is 12.8 Å². The van der Waals surface area contributed by atoms with E-state index >= 15 is 0 Å². The van der Waals surface area contributed by atoms with Crippen molar-refractivity contribution in [1.82, 2.24) is 4.90 Å². The zero-order chi connectivity index (χ0) is 16.4. The fourth-order valence-corrected chi connectivity index (χ4v) is 3.70. The summed E-state index contributed by atoms with van der Waals surface area (Å²) < 4.78 is 23.0. The maximum Gasteiger partial charge on any atom is 0.175 e. The molecule has 2 atom stereocenters. The summed E-state index contributed by atoms with van der Waals surface area (Å²) >= 11 is 0. The molecule has 1 aromatic carbocycles. The standard InChI is InChI=1S/C17H27NO3S/c1-14-5-4-11-18(12-10-14)13-17(2,19)15-6-8-16(9-7-15)22(3,20)21/h6-9,14,19H,4-5,10-13H2,1-3H3. The number of hydrogen-bond acceptors (Lipinski definition) is 4. The number of aliphatic hydroxyl groups is 1. The number of likely N-dealkylation sites (tertiary alicyclic amines) is 1. The van der Waals surface area contributed by atoms with Crippen molar-refractivity contribution in [2.24, 2.45) is 5.92 Å². The van der Waals surface area contributed by atoms with Crippen molar-refractivity contribution in [3.8, 4) is 0 Å². The molecule has 1 heterocycles. The molecule has 0 bridgehead atoms. The first-order valence-electron chi connectivity index (χ1n) is 7.94. The van der Waals surface area contributed by atoms with Crippen LogP contribution in [0.25, 0.3) is 0 Å². The second kappa shape index (κ2) is 6.69. The summed E-state index contributed by atoms with van der Waals surface area (Å²) in [4.78, 5) is 2.60. The van der Waals surface area contributed by atoms with Crippen molar-refractivity contribution in [2.45, 2.75) is 43.6 Å². The molecule has 0 aliphatic carbocycles. The summed E-state index contributed by atoms with van der Waals surface area (Å²) in [7, 11) is -3.20. The average molecular weight is 325 g/mol. The van der Waals surface area contributed by atoms with Gasteiger partial charge in [-0.2, -0.15) is 0 Å². The molecule has 0 saturated carbocycles. The lowest BCUT2D eigenvalue weighted by Crippen LogP contribution is -2.39. The second-order valence-corrected chi connectivity index (χ2v) is 8.90. The van der Waals surface area contributed by atoms with Gasteiger partial charge in [0.2, 0.25) is 0 Å². The lowest BCUT2D eigenvalue weighted by atomic mass is 9.95. The molecule has 2 rings (SSSR count). The molecule has 1 aliphatic heterocycles. The van der Waals surface area contributed by atoms with Crippen molar-refractivity contribution in [3.05, 3.63) is 29.8 Å². The van der Waals surface area contributed by atoms with Crippen molar-refractivity contribution < 1.29 is 13.5 Å². The summed E-state index contributed by atoms with van der Waals surface area (Å²) in [6.07, 6.45) is 4.79. The topological polar surface area (TPSA) is 57.6 Å². The minimum absolute atomic E-state index is 0.288. The number of nitrogens with zero attached hydrogens (tertiary/aromatic N) is 1. The lowest BCUT2D eigenvalue weighted by molar-refractivity contribution is 0.0165. The molecular weight excluding hydrogens is 298 g/mol. The van der Waals surface area contributed by atoms with E-state index in [1.54, 1.807) is 31.2 Å². The molecule has 2 unspecified atom stereocenters. The second-order valence-electron chi connectivity index (χ2n) is 6.88. The first-order chi connectivity index (χ1) is 10.2.